The van der Waals surface area contributed by atoms with Crippen LogP contribution < -0.4 is 21.5 Å². The second-order valence-corrected chi connectivity index (χ2v) is 4.22. The summed E-state index contributed by atoms with van der Waals surface area (Å²) in [6.07, 6.45) is 0. The molecule has 1 aromatic rings. The van der Waals surface area contributed by atoms with E-state index in [4.69, 9.17) is 20.9 Å². The van der Waals surface area contributed by atoms with Gasteiger partial charge in [-0.15, -0.1) is 11.3 Å². The molecular formula is C10H17N3O3S. The number of thiophene rings is 1. The summed E-state index contributed by atoms with van der Waals surface area (Å²) in [5, 5.41) is 3.79. The maximum atomic E-state index is 11.1. The van der Waals surface area contributed by atoms with Gasteiger partial charge in [-0.2, -0.15) is 0 Å². The Morgan fingerprint density at radius 3 is 2.76 bits per heavy atom. The molecule has 1 amide bonds. The summed E-state index contributed by atoms with van der Waals surface area (Å²) < 4.78 is 10.3. The van der Waals surface area contributed by atoms with E-state index in [9.17, 15) is 4.79 Å². The van der Waals surface area contributed by atoms with E-state index in [1.165, 1.54) is 18.4 Å². The Balaban J connectivity index is 2.77. The lowest BCUT2D eigenvalue weighted by atomic mass is 10.3. The van der Waals surface area contributed by atoms with Gasteiger partial charge in [0.15, 0.2) is 5.75 Å². The average molecular weight is 259 g/mol. The topological polar surface area (TPSA) is 99.6 Å². The van der Waals surface area contributed by atoms with E-state index >= 15 is 0 Å². The van der Waals surface area contributed by atoms with Crippen molar-refractivity contribution in [3.63, 3.8) is 0 Å². The van der Waals surface area contributed by atoms with Crippen LogP contribution in [0.1, 0.15) is 16.6 Å². The fourth-order valence-corrected chi connectivity index (χ4v) is 2.28. The van der Waals surface area contributed by atoms with Crippen LogP contribution in [0.4, 0.5) is 10.7 Å². The molecule has 6 nitrogen and oxygen atoms in total. The molecule has 5 N–H and O–H groups in total. The zero-order valence-corrected chi connectivity index (χ0v) is 10.7. The van der Waals surface area contributed by atoms with Gasteiger partial charge in [-0.05, 0) is 6.92 Å². The largest absolute Gasteiger partial charge is 0.492 e. The molecule has 0 atom stereocenters. The molecule has 1 aromatic heterocycles. The first kappa shape index (κ1) is 13.6. The van der Waals surface area contributed by atoms with Gasteiger partial charge in [-0.1, -0.05) is 0 Å². The van der Waals surface area contributed by atoms with Crippen LogP contribution >= 0.6 is 11.3 Å². The summed E-state index contributed by atoms with van der Waals surface area (Å²) in [5.41, 5.74) is 11.3. The molecule has 1 heterocycles. The van der Waals surface area contributed by atoms with Crippen LogP contribution in [0.15, 0.2) is 0 Å². The van der Waals surface area contributed by atoms with Crippen molar-refractivity contribution in [2.24, 2.45) is 5.73 Å². The van der Waals surface area contributed by atoms with Crippen molar-refractivity contribution in [2.75, 3.05) is 37.9 Å². The van der Waals surface area contributed by atoms with Crippen LogP contribution in [-0.4, -0.2) is 32.8 Å². The Bertz CT molecular complexity index is 392. The predicted molar refractivity (Wildman–Crippen MR) is 68.8 cm³/mol. The summed E-state index contributed by atoms with van der Waals surface area (Å²) in [5.74, 6) is -0.0936. The van der Waals surface area contributed by atoms with Gasteiger partial charge in [0.2, 0.25) is 0 Å². The van der Waals surface area contributed by atoms with Crippen molar-refractivity contribution in [3.05, 3.63) is 4.88 Å². The highest BCUT2D eigenvalue weighted by Gasteiger charge is 2.19. The third kappa shape index (κ3) is 3.24. The zero-order valence-electron chi connectivity index (χ0n) is 9.91. The van der Waals surface area contributed by atoms with Crippen molar-refractivity contribution in [3.8, 4) is 5.75 Å². The molecule has 0 aromatic carbocycles. The third-order valence-electron chi connectivity index (χ3n) is 2.06. The van der Waals surface area contributed by atoms with Gasteiger partial charge in [0.1, 0.15) is 15.6 Å². The summed E-state index contributed by atoms with van der Waals surface area (Å²) >= 11 is 1.19. The number of nitrogen functional groups attached to an aromatic ring is 1. The first-order valence-corrected chi connectivity index (χ1v) is 6.01. The van der Waals surface area contributed by atoms with Crippen LogP contribution in [0.5, 0.6) is 5.75 Å². The number of nitrogens with two attached hydrogens (primary N) is 2. The molecule has 0 saturated carbocycles. The van der Waals surface area contributed by atoms with Crippen molar-refractivity contribution >= 4 is 27.9 Å². The maximum Gasteiger partial charge on any atom is 0.261 e. The Morgan fingerprint density at radius 1 is 1.53 bits per heavy atom. The third-order valence-corrected chi connectivity index (χ3v) is 3.22. The molecular weight excluding hydrogens is 242 g/mol. The van der Waals surface area contributed by atoms with E-state index < -0.39 is 5.91 Å². The van der Waals surface area contributed by atoms with Crippen LogP contribution in [-0.2, 0) is 4.74 Å². The number of primary amides is 1. The maximum absolute atomic E-state index is 11.1. The number of anilines is 2. The SMILES string of the molecule is CCOCCNc1sc(C(N)=O)c(N)c1OC. The van der Waals surface area contributed by atoms with E-state index in [1.54, 1.807) is 0 Å². The normalized spacial score (nSPS) is 10.2. The quantitative estimate of drug-likeness (QED) is 0.631. The lowest BCUT2D eigenvalue weighted by molar-refractivity contribution is 0.100. The molecule has 1 rings (SSSR count). The van der Waals surface area contributed by atoms with Crippen LogP contribution in [0.25, 0.3) is 0 Å². The van der Waals surface area contributed by atoms with Gasteiger partial charge in [0.25, 0.3) is 5.91 Å². The molecule has 0 spiro atoms. The first-order chi connectivity index (χ1) is 8.11. The van der Waals surface area contributed by atoms with Crippen molar-refractivity contribution < 1.29 is 14.3 Å². The molecule has 0 bridgehead atoms. The smallest absolute Gasteiger partial charge is 0.261 e. The van der Waals surface area contributed by atoms with Gasteiger partial charge >= 0.3 is 0 Å². The lowest BCUT2D eigenvalue weighted by Crippen LogP contribution is -2.10. The summed E-state index contributed by atoms with van der Waals surface area (Å²) in [6.45, 7) is 3.78. The highest BCUT2D eigenvalue weighted by atomic mass is 32.1. The summed E-state index contributed by atoms with van der Waals surface area (Å²) in [4.78, 5) is 11.4. The number of carbonyl (C=O) groups is 1. The highest BCUT2D eigenvalue weighted by Crippen LogP contribution is 2.41. The number of hydrogen-bond acceptors (Lipinski definition) is 6. The second kappa shape index (κ2) is 6.31. The lowest BCUT2D eigenvalue weighted by Gasteiger charge is -2.06. The number of carbonyl (C=O) groups excluding carboxylic acids is 1. The van der Waals surface area contributed by atoms with Crippen LogP contribution in [0.2, 0.25) is 0 Å². The Labute approximate surface area is 104 Å². The molecule has 0 fully saturated rings. The van der Waals surface area contributed by atoms with Crippen molar-refractivity contribution in [1.29, 1.82) is 0 Å². The molecule has 0 radical (unpaired) electrons. The Hall–Kier alpha value is -1.47. The van der Waals surface area contributed by atoms with Gasteiger partial charge < -0.3 is 26.3 Å². The molecule has 7 heteroatoms. The minimum atomic E-state index is -0.552. The first-order valence-electron chi connectivity index (χ1n) is 5.19. The van der Waals surface area contributed by atoms with Gasteiger partial charge in [0.05, 0.1) is 13.7 Å². The number of ether oxygens (including phenoxy) is 2. The van der Waals surface area contributed by atoms with Crippen LogP contribution in [0.3, 0.4) is 0 Å². The average Bonchev–Trinajstić information content (AvgIpc) is 2.61. The predicted octanol–water partition coefficient (Wildman–Crippen LogP) is 0.886. The minimum Gasteiger partial charge on any atom is -0.492 e. The van der Waals surface area contributed by atoms with Gasteiger partial charge in [-0.3, -0.25) is 4.79 Å². The molecule has 0 aliphatic rings. The summed E-state index contributed by atoms with van der Waals surface area (Å²) in [7, 11) is 1.50. The Kier molecular flexibility index (Phi) is 5.05. The minimum absolute atomic E-state index is 0.281. The van der Waals surface area contributed by atoms with Gasteiger partial charge in [0, 0.05) is 13.2 Å². The number of methoxy groups -OCH3 is 1. The standard InChI is InChI=1S/C10H17N3O3S/c1-3-16-5-4-13-10-7(15-2)6(11)8(17-10)9(12)14/h13H,3-5,11H2,1-2H3,(H2,12,14). The van der Waals surface area contributed by atoms with Crippen molar-refractivity contribution in [2.45, 2.75) is 6.92 Å². The van der Waals surface area contributed by atoms with Crippen molar-refractivity contribution in [1.82, 2.24) is 0 Å². The zero-order chi connectivity index (χ0) is 12.8. The second-order valence-electron chi connectivity index (χ2n) is 3.20. The van der Waals surface area contributed by atoms with E-state index in [2.05, 4.69) is 5.32 Å². The van der Waals surface area contributed by atoms with E-state index in [-0.39, 0.29) is 5.69 Å². The number of hydrogen-bond donors (Lipinski definition) is 3. The molecule has 17 heavy (non-hydrogen) atoms. The highest BCUT2D eigenvalue weighted by molar-refractivity contribution is 7.19. The number of amides is 1. The summed E-state index contributed by atoms with van der Waals surface area (Å²) in [6, 6.07) is 0. The fraction of sp³-hybridized carbons (Fsp3) is 0.500. The monoisotopic (exact) mass is 259 g/mol. The fourth-order valence-electron chi connectivity index (χ4n) is 1.31. The molecule has 96 valence electrons. The molecule has 0 saturated heterocycles. The molecule has 0 aliphatic heterocycles. The van der Waals surface area contributed by atoms with Crippen LogP contribution in [0, 0.1) is 0 Å². The number of nitrogens with one attached hydrogen (secondary N) is 1. The Morgan fingerprint density at radius 2 is 2.24 bits per heavy atom. The molecule has 0 unspecified atom stereocenters. The van der Waals surface area contributed by atoms with E-state index in [1.807, 2.05) is 6.92 Å². The van der Waals surface area contributed by atoms with E-state index in [0.29, 0.717) is 35.4 Å². The van der Waals surface area contributed by atoms with E-state index in [0.717, 1.165) is 0 Å². The number of rotatable bonds is 7. The molecule has 0 aliphatic carbocycles. The van der Waals surface area contributed by atoms with Gasteiger partial charge in [-0.25, -0.2) is 0 Å².